The van der Waals surface area contributed by atoms with Crippen LogP contribution in [0.15, 0.2) is 24.3 Å². The van der Waals surface area contributed by atoms with E-state index in [4.69, 9.17) is 0 Å². The van der Waals surface area contributed by atoms with Gasteiger partial charge in [-0.05, 0) is 19.1 Å². The molecule has 20 heavy (non-hydrogen) atoms. The number of hydrogen-bond acceptors (Lipinski definition) is 3. The summed E-state index contributed by atoms with van der Waals surface area (Å²) < 4.78 is 62.9. The molecule has 8 heteroatoms. The van der Waals surface area contributed by atoms with Gasteiger partial charge in [-0.2, -0.15) is 13.2 Å². The van der Waals surface area contributed by atoms with Crippen molar-refractivity contribution in [3.63, 3.8) is 0 Å². The molecule has 0 unspecified atom stereocenters. The second kappa shape index (κ2) is 5.16. The van der Waals surface area contributed by atoms with Crippen LogP contribution in [0, 0.1) is 0 Å². The van der Waals surface area contributed by atoms with Crippen molar-refractivity contribution in [1.82, 2.24) is 0 Å². The summed E-state index contributed by atoms with van der Waals surface area (Å²) in [4.78, 5) is 1.16. The van der Waals surface area contributed by atoms with Crippen LogP contribution in [0.25, 0.3) is 0 Å². The van der Waals surface area contributed by atoms with Crippen LogP contribution in [0.3, 0.4) is 0 Å². The Morgan fingerprint density at radius 2 is 1.75 bits per heavy atom. The Bertz CT molecular complexity index is 587. The molecule has 0 saturated carbocycles. The highest BCUT2D eigenvalue weighted by molar-refractivity contribution is 7.92. The van der Waals surface area contributed by atoms with Crippen LogP contribution >= 0.6 is 0 Å². The number of sulfonamides is 1. The highest BCUT2D eigenvalue weighted by Gasteiger charge is 2.36. The van der Waals surface area contributed by atoms with Crippen LogP contribution in [0.2, 0.25) is 0 Å². The van der Waals surface area contributed by atoms with Gasteiger partial charge in [0.1, 0.15) is 6.54 Å². The zero-order valence-corrected chi connectivity index (χ0v) is 11.7. The summed E-state index contributed by atoms with van der Waals surface area (Å²) in [6.45, 7) is 0.489. The van der Waals surface area contributed by atoms with Crippen LogP contribution in [0.5, 0.6) is 0 Å². The Kier molecular flexibility index (Phi) is 3.86. The van der Waals surface area contributed by atoms with E-state index >= 15 is 0 Å². The molecule has 1 aromatic rings. The lowest BCUT2D eigenvalue weighted by Gasteiger charge is -2.38. The van der Waals surface area contributed by atoms with E-state index in [-0.39, 0.29) is 18.8 Å². The molecule has 0 aliphatic carbocycles. The Morgan fingerprint density at radius 1 is 1.15 bits per heavy atom. The van der Waals surface area contributed by atoms with Gasteiger partial charge >= 0.3 is 6.18 Å². The van der Waals surface area contributed by atoms with E-state index < -0.39 is 22.7 Å². The van der Waals surface area contributed by atoms with E-state index in [1.807, 2.05) is 0 Å². The maximum absolute atomic E-state index is 12.6. The highest BCUT2D eigenvalue weighted by Crippen LogP contribution is 2.36. The van der Waals surface area contributed by atoms with E-state index in [9.17, 15) is 21.6 Å². The highest BCUT2D eigenvalue weighted by atomic mass is 32.2. The zero-order valence-electron chi connectivity index (χ0n) is 10.9. The number of para-hydroxylation sites is 2. The fourth-order valence-corrected chi connectivity index (χ4v) is 3.35. The quantitative estimate of drug-likeness (QED) is 0.860. The molecule has 1 aliphatic rings. The van der Waals surface area contributed by atoms with Crippen molar-refractivity contribution in [3.05, 3.63) is 24.3 Å². The third-order valence-electron chi connectivity index (χ3n) is 3.13. The molecule has 0 aromatic heterocycles. The van der Waals surface area contributed by atoms with Crippen molar-refractivity contribution in [3.8, 4) is 0 Å². The average molecular weight is 308 g/mol. The predicted molar refractivity (Wildman–Crippen MR) is 71.5 cm³/mol. The van der Waals surface area contributed by atoms with Gasteiger partial charge in [0.05, 0.1) is 23.7 Å². The number of alkyl halides is 3. The van der Waals surface area contributed by atoms with Gasteiger partial charge in [0, 0.05) is 6.54 Å². The van der Waals surface area contributed by atoms with Gasteiger partial charge in [-0.15, -0.1) is 0 Å². The van der Waals surface area contributed by atoms with Gasteiger partial charge in [-0.25, -0.2) is 8.42 Å². The molecule has 112 valence electrons. The molecule has 0 N–H and O–H groups in total. The van der Waals surface area contributed by atoms with Gasteiger partial charge in [0.25, 0.3) is 0 Å². The van der Waals surface area contributed by atoms with Crippen molar-refractivity contribution in [2.24, 2.45) is 0 Å². The SMILES string of the molecule is CCS(=O)(=O)N1CCN(CC(F)(F)F)c2ccccc21. The summed E-state index contributed by atoms with van der Waals surface area (Å²) in [6.07, 6.45) is -4.32. The fraction of sp³-hybridized carbons (Fsp3) is 0.500. The van der Waals surface area contributed by atoms with Crippen LogP contribution in [0.1, 0.15) is 6.92 Å². The number of nitrogens with zero attached hydrogens (tertiary/aromatic N) is 2. The molecule has 1 aromatic carbocycles. The lowest BCUT2D eigenvalue weighted by Crippen LogP contribution is -2.47. The minimum absolute atomic E-state index is 0.0236. The molecule has 0 atom stereocenters. The number of fused-ring (bicyclic) bond motifs is 1. The maximum Gasteiger partial charge on any atom is 0.405 e. The maximum atomic E-state index is 12.6. The lowest BCUT2D eigenvalue weighted by atomic mass is 10.2. The molecule has 0 spiro atoms. The topological polar surface area (TPSA) is 40.6 Å². The predicted octanol–water partition coefficient (Wildman–Crippen LogP) is 2.22. The first-order valence-corrected chi connectivity index (χ1v) is 7.76. The summed E-state index contributed by atoms with van der Waals surface area (Å²) in [5.41, 5.74) is 0.609. The average Bonchev–Trinajstić information content (AvgIpc) is 2.37. The molecule has 4 nitrogen and oxygen atoms in total. The summed E-state index contributed by atoms with van der Waals surface area (Å²) in [5, 5.41) is 0. The van der Waals surface area contributed by atoms with E-state index in [0.717, 1.165) is 4.90 Å². The van der Waals surface area contributed by atoms with Gasteiger partial charge in [0.2, 0.25) is 10.0 Å². The molecule has 1 heterocycles. The molecule has 2 rings (SSSR count). The third kappa shape index (κ3) is 3.00. The van der Waals surface area contributed by atoms with Gasteiger partial charge in [-0.1, -0.05) is 12.1 Å². The molecule has 0 saturated heterocycles. The van der Waals surface area contributed by atoms with Crippen LogP contribution < -0.4 is 9.21 Å². The van der Waals surface area contributed by atoms with Crippen molar-refractivity contribution in [2.75, 3.05) is 34.6 Å². The van der Waals surface area contributed by atoms with Gasteiger partial charge in [-0.3, -0.25) is 4.31 Å². The summed E-state index contributed by atoms with van der Waals surface area (Å²) in [6, 6.07) is 6.27. The first-order valence-electron chi connectivity index (χ1n) is 6.16. The standard InChI is InChI=1S/C12H15F3N2O2S/c1-2-20(18,19)17-8-7-16(9-12(13,14)15)10-5-3-4-6-11(10)17/h3-6H,2,7-9H2,1H3. The Hall–Kier alpha value is -1.44. The minimum atomic E-state index is -4.32. The summed E-state index contributed by atoms with van der Waals surface area (Å²) in [7, 11) is -3.48. The number of benzene rings is 1. The molecule has 0 amide bonds. The van der Waals surface area contributed by atoms with E-state index in [0.29, 0.717) is 11.4 Å². The number of hydrogen-bond donors (Lipinski definition) is 0. The van der Waals surface area contributed by atoms with Crippen molar-refractivity contribution >= 4 is 21.4 Å². The molecular weight excluding hydrogens is 293 g/mol. The number of anilines is 2. The summed E-state index contributed by atoms with van der Waals surface area (Å²) in [5.74, 6) is -0.0827. The van der Waals surface area contributed by atoms with E-state index in [1.54, 1.807) is 12.1 Å². The van der Waals surface area contributed by atoms with Crippen molar-refractivity contribution in [2.45, 2.75) is 13.1 Å². The second-order valence-electron chi connectivity index (χ2n) is 4.50. The molecular formula is C12H15F3N2O2S. The first kappa shape index (κ1) is 15.0. The lowest BCUT2D eigenvalue weighted by molar-refractivity contribution is -0.119. The Morgan fingerprint density at radius 3 is 2.30 bits per heavy atom. The second-order valence-corrected chi connectivity index (χ2v) is 6.68. The van der Waals surface area contributed by atoms with Gasteiger partial charge < -0.3 is 4.90 Å². The normalized spacial score (nSPS) is 16.2. The van der Waals surface area contributed by atoms with E-state index in [2.05, 4.69) is 0 Å². The molecule has 0 fully saturated rings. The Balaban J connectivity index is 2.40. The van der Waals surface area contributed by atoms with Crippen molar-refractivity contribution in [1.29, 1.82) is 0 Å². The molecule has 1 aliphatic heterocycles. The van der Waals surface area contributed by atoms with Crippen molar-refractivity contribution < 1.29 is 21.6 Å². The van der Waals surface area contributed by atoms with Gasteiger partial charge in [0.15, 0.2) is 0 Å². The monoisotopic (exact) mass is 308 g/mol. The van der Waals surface area contributed by atoms with Crippen LogP contribution in [0.4, 0.5) is 24.5 Å². The van der Waals surface area contributed by atoms with Crippen LogP contribution in [-0.2, 0) is 10.0 Å². The zero-order chi connectivity index (χ0) is 15.0. The Labute approximate surface area is 115 Å². The molecule has 0 bridgehead atoms. The largest absolute Gasteiger partial charge is 0.405 e. The number of halogens is 3. The first-order chi connectivity index (χ1) is 9.24. The smallest absolute Gasteiger partial charge is 0.359 e. The van der Waals surface area contributed by atoms with Crippen LogP contribution in [-0.4, -0.2) is 40.0 Å². The summed E-state index contributed by atoms with van der Waals surface area (Å²) >= 11 is 0. The minimum Gasteiger partial charge on any atom is -0.359 e. The third-order valence-corrected chi connectivity index (χ3v) is 4.92. The van der Waals surface area contributed by atoms with E-state index in [1.165, 1.54) is 23.4 Å². The number of rotatable bonds is 3. The fourth-order valence-electron chi connectivity index (χ4n) is 2.22. The molecule has 0 radical (unpaired) electrons.